The second kappa shape index (κ2) is 11.1. The molecule has 0 spiro atoms. The van der Waals surface area contributed by atoms with Crippen molar-refractivity contribution in [3.8, 4) is 0 Å². The number of alkyl halides is 3. The van der Waals surface area contributed by atoms with Crippen LogP contribution in [0.3, 0.4) is 0 Å². The molecule has 1 heterocycles. The smallest absolute Gasteiger partial charge is 0.408 e. The number of nitrogens with one attached hydrogen (secondary N) is 2. The number of ether oxygens (including phenoxy) is 2. The van der Waals surface area contributed by atoms with Gasteiger partial charge in [-0.2, -0.15) is 4.31 Å². The first kappa shape index (κ1) is 25.3. The monoisotopic (exact) mass is 501 g/mol. The van der Waals surface area contributed by atoms with Crippen molar-refractivity contribution in [3.05, 3.63) is 24.3 Å². The van der Waals surface area contributed by atoms with Gasteiger partial charge in [-0.25, -0.2) is 13.2 Å². The van der Waals surface area contributed by atoms with Gasteiger partial charge in [0.25, 0.3) is 0 Å². The molecule has 0 radical (unpaired) electrons. The van der Waals surface area contributed by atoms with Crippen molar-refractivity contribution in [1.82, 2.24) is 9.62 Å². The lowest BCUT2D eigenvalue weighted by Gasteiger charge is -2.27. The Morgan fingerprint density at radius 2 is 2.03 bits per heavy atom. The van der Waals surface area contributed by atoms with Crippen molar-refractivity contribution in [2.45, 2.75) is 47.6 Å². The van der Waals surface area contributed by atoms with E-state index in [1.54, 1.807) is 26.0 Å². The summed E-state index contributed by atoms with van der Waals surface area (Å²) in [6.07, 6.45) is -0.377. The predicted octanol–water partition coefficient (Wildman–Crippen LogP) is 3.73. The number of hydrogen-bond donors (Lipinski definition) is 2. The lowest BCUT2D eigenvalue weighted by molar-refractivity contribution is 0.0432. The van der Waals surface area contributed by atoms with E-state index in [0.717, 1.165) is 12.8 Å². The summed E-state index contributed by atoms with van der Waals surface area (Å²) in [6.45, 7) is 4.93. The maximum atomic E-state index is 12.7. The Bertz CT molecular complexity index is 810. The highest BCUT2D eigenvalue weighted by molar-refractivity contribution is 7.89. The Labute approximate surface area is 192 Å². The van der Waals surface area contributed by atoms with Crippen molar-refractivity contribution in [3.63, 3.8) is 0 Å². The molecule has 2 N–H and O–H groups in total. The zero-order chi connectivity index (χ0) is 22.4. The molecule has 30 heavy (non-hydrogen) atoms. The normalized spacial score (nSPS) is 18.3. The van der Waals surface area contributed by atoms with Gasteiger partial charge in [-0.05, 0) is 31.0 Å². The van der Waals surface area contributed by atoms with Gasteiger partial charge < -0.3 is 14.8 Å². The Morgan fingerprint density at radius 1 is 1.33 bits per heavy atom. The van der Waals surface area contributed by atoms with Crippen LogP contribution in [0.15, 0.2) is 29.2 Å². The van der Waals surface area contributed by atoms with E-state index in [9.17, 15) is 13.2 Å². The third-order valence-electron chi connectivity index (χ3n) is 4.50. The highest BCUT2D eigenvalue weighted by Crippen LogP contribution is 2.31. The lowest BCUT2D eigenvalue weighted by Crippen LogP contribution is -2.49. The first-order valence-corrected chi connectivity index (χ1v) is 12.1. The average Bonchev–Trinajstić information content (AvgIpc) is 3.20. The van der Waals surface area contributed by atoms with Crippen molar-refractivity contribution in [1.29, 1.82) is 0 Å². The third kappa shape index (κ3) is 7.03. The van der Waals surface area contributed by atoms with E-state index in [0.29, 0.717) is 25.4 Å². The number of amides is 1. The molecule has 1 aromatic rings. The summed E-state index contributed by atoms with van der Waals surface area (Å²) < 4.78 is 35.4. The van der Waals surface area contributed by atoms with Gasteiger partial charge in [-0.1, -0.05) is 54.7 Å². The van der Waals surface area contributed by atoms with Crippen molar-refractivity contribution in [2.75, 3.05) is 31.6 Å². The number of anilines is 1. The predicted molar refractivity (Wildman–Crippen MR) is 118 cm³/mol. The van der Waals surface area contributed by atoms with Crippen molar-refractivity contribution < 1.29 is 22.7 Å². The van der Waals surface area contributed by atoms with E-state index in [1.807, 2.05) is 0 Å². The van der Waals surface area contributed by atoms with Gasteiger partial charge in [0.1, 0.15) is 12.8 Å². The molecule has 1 fully saturated rings. The van der Waals surface area contributed by atoms with Gasteiger partial charge in [0.2, 0.25) is 13.8 Å². The highest BCUT2D eigenvalue weighted by Gasteiger charge is 2.35. The van der Waals surface area contributed by atoms with Crippen LogP contribution in [0.2, 0.25) is 0 Å². The van der Waals surface area contributed by atoms with Crippen LogP contribution in [0.1, 0.15) is 26.7 Å². The number of halogens is 3. The number of hydrogen-bond acceptors (Lipinski definition) is 6. The summed E-state index contributed by atoms with van der Waals surface area (Å²) in [5.74, 6) is 0. The number of alkyl carbamates (subject to hydrolysis) is 1. The fourth-order valence-electron chi connectivity index (χ4n) is 2.93. The summed E-state index contributed by atoms with van der Waals surface area (Å²) in [4.78, 5) is 12.2. The minimum absolute atomic E-state index is 0.0835. The number of benzene rings is 1. The van der Waals surface area contributed by atoms with Crippen LogP contribution in [0.4, 0.5) is 10.5 Å². The first-order valence-electron chi connectivity index (χ1n) is 9.56. The Hall–Kier alpha value is -0.970. The quantitative estimate of drug-likeness (QED) is 0.394. The molecular weight excluding hydrogens is 477 g/mol. The second-order valence-electron chi connectivity index (χ2n) is 6.61. The maximum absolute atomic E-state index is 12.7. The summed E-state index contributed by atoms with van der Waals surface area (Å²) in [6, 6.07) is 6.05. The van der Waals surface area contributed by atoms with E-state index in [2.05, 4.69) is 10.6 Å². The number of carbonyl (C=O) groups is 1. The molecule has 1 saturated heterocycles. The second-order valence-corrected chi connectivity index (χ2v) is 10.9. The molecule has 8 nitrogen and oxygen atoms in total. The molecule has 1 aliphatic rings. The number of rotatable bonds is 9. The molecular formula is C18H26Cl3N3O5S. The van der Waals surface area contributed by atoms with Crippen molar-refractivity contribution in [2.24, 2.45) is 0 Å². The van der Waals surface area contributed by atoms with E-state index in [4.69, 9.17) is 44.3 Å². The molecule has 0 bridgehead atoms. The van der Waals surface area contributed by atoms with E-state index in [1.165, 1.54) is 16.4 Å². The summed E-state index contributed by atoms with van der Waals surface area (Å²) in [5, 5.41) is 5.29. The van der Waals surface area contributed by atoms with Crippen molar-refractivity contribution >= 4 is 56.6 Å². The average molecular weight is 503 g/mol. The minimum atomic E-state index is -3.67. The van der Waals surface area contributed by atoms with Gasteiger partial charge >= 0.3 is 6.09 Å². The number of sulfonamides is 1. The summed E-state index contributed by atoms with van der Waals surface area (Å²) in [7, 11) is -3.67. The zero-order valence-corrected chi connectivity index (χ0v) is 19.8. The lowest BCUT2D eigenvalue weighted by atomic mass is 10.2. The van der Waals surface area contributed by atoms with Crippen LogP contribution in [0, 0.1) is 0 Å². The van der Waals surface area contributed by atoms with Crippen LogP contribution >= 0.6 is 34.8 Å². The largest absolute Gasteiger partial charge is 0.447 e. The van der Waals surface area contributed by atoms with Crippen LogP contribution in [-0.4, -0.2) is 61.2 Å². The molecule has 170 valence electrons. The van der Waals surface area contributed by atoms with Crippen LogP contribution in [0.5, 0.6) is 0 Å². The molecule has 1 aliphatic heterocycles. The molecule has 0 aromatic heterocycles. The van der Waals surface area contributed by atoms with Gasteiger partial charge in [-0.3, -0.25) is 5.32 Å². The molecule has 0 unspecified atom stereocenters. The molecule has 0 aliphatic carbocycles. The molecule has 1 amide bonds. The van der Waals surface area contributed by atoms with Gasteiger partial charge in [0, 0.05) is 25.4 Å². The fourth-order valence-corrected chi connectivity index (χ4v) is 4.76. The molecule has 2 atom stereocenters. The van der Waals surface area contributed by atoms with E-state index >= 15 is 0 Å². The highest BCUT2D eigenvalue weighted by atomic mass is 35.6. The number of nitrogens with zero attached hydrogens (tertiary/aromatic N) is 1. The topological polar surface area (TPSA) is 97.0 Å². The molecule has 1 aromatic carbocycles. The fraction of sp³-hybridized carbons (Fsp3) is 0.611. The van der Waals surface area contributed by atoms with Gasteiger partial charge in [0.05, 0.1) is 11.0 Å². The first-order chi connectivity index (χ1) is 14.1. The molecule has 0 saturated carbocycles. The minimum Gasteiger partial charge on any atom is -0.447 e. The maximum Gasteiger partial charge on any atom is 0.408 e. The Morgan fingerprint density at radius 3 is 2.60 bits per heavy atom. The van der Waals surface area contributed by atoms with Crippen LogP contribution in [-0.2, 0) is 19.5 Å². The van der Waals surface area contributed by atoms with Crippen LogP contribution in [0.25, 0.3) is 0 Å². The Balaban J connectivity index is 2.10. The molecule has 12 heteroatoms. The number of carbonyl (C=O) groups excluding carboxylic acids is 1. The van der Waals surface area contributed by atoms with Crippen LogP contribution < -0.4 is 10.6 Å². The summed E-state index contributed by atoms with van der Waals surface area (Å²) >= 11 is 18.0. The van der Waals surface area contributed by atoms with E-state index < -0.39 is 26.1 Å². The third-order valence-corrected chi connectivity index (χ3v) is 7.20. The van der Waals surface area contributed by atoms with E-state index in [-0.39, 0.29) is 17.6 Å². The zero-order valence-electron chi connectivity index (χ0n) is 16.7. The van der Waals surface area contributed by atoms with Gasteiger partial charge in [-0.15, -0.1) is 0 Å². The Kier molecular flexibility index (Phi) is 9.32. The molecule has 2 rings (SSSR count). The van der Waals surface area contributed by atoms with Gasteiger partial charge in [0.15, 0.2) is 0 Å². The SMILES string of the molecule is CCN(CC)S(=O)(=O)c1cccc(N[C@@H](NC(=O)OC[C@@H]2CCCO2)C(Cl)(Cl)Cl)c1. The standard InChI is InChI=1S/C18H26Cl3N3O5S/c1-3-24(4-2)30(26,27)15-9-5-7-13(11-15)22-16(18(19,20)21)23-17(25)29-12-14-8-6-10-28-14/h5,7,9,11,14,16,22H,3-4,6,8,10,12H2,1-2H3,(H,23,25)/t14-,16-/m0/s1. The summed E-state index contributed by atoms with van der Waals surface area (Å²) in [5.41, 5.74) is 0.346.